The van der Waals surface area contributed by atoms with Gasteiger partial charge in [0.1, 0.15) is 28.8 Å². The van der Waals surface area contributed by atoms with Crippen molar-refractivity contribution in [1.82, 2.24) is 14.9 Å². The normalized spacial score (nSPS) is 16.7. The van der Waals surface area contributed by atoms with Gasteiger partial charge in [-0.15, -0.1) is 0 Å². The zero-order valence-corrected chi connectivity index (χ0v) is 16.3. The van der Waals surface area contributed by atoms with E-state index in [-0.39, 0.29) is 5.91 Å². The maximum atomic E-state index is 12.9. The maximum Gasteiger partial charge on any atom is 0.272 e. The standard InChI is InChI=1S/C20H26N4O3/c1-13-6-5-9-24(12-13)20(25)17-11-19(22-14(2)21-17)23-16-10-15(26-3)7-8-18(16)27-4/h7-8,10-11,13H,5-6,9,12H2,1-4H3,(H,21,22,23). The minimum absolute atomic E-state index is 0.0484. The van der Waals surface area contributed by atoms with Crippen LogP contribution in [0.3, 0.4) is 0 Å². The molecule has 0 radical (unpaired) electrons. The summed E-state index contributed by atoms with van der Waals surface area (Å²) in [6.45, 7) is 5.50. The van der Waals surface area contributed by atoms with Crippen molar-refractivity contribution >= 4 is 17.4 Å². The summed E-state index contributed by atoms with van der Waals surface area (Å²) in [5.41, 5.74) is 1.11. The number of nitrogens with zero attached hydrogens (tertiary/aromatic N) is 3. The van der Waals surface area contributed by atoms with E-state index in [1.54, 1.807) is 27.2 Å². The third-order valence-electron chi connectivity index (χ3n) is 4.67. The lowest BCUT2D eigenvalue weighted by molar-refractivity contribution is 0.0676. The molecule has 7 heteroatoms. The number of aryl methyl sites for hydroxylation is 1. The monoisotopic (exact) mass is 370 g/mol. The number of nitrogens with one attached hydrogen (secondary N) is 1. The van der Waals surface area contributed by atoms with Crippen LogP contribution >= 0.6 is 0 Å². The zero-order chi connectivity index (χ0) is 19.4. The quantitative estimate of drug-likeness (QED) is 0.869. The fourth-order valence-electron chi connectivity index (χ4n) is 3.33. The molecule has 1 aromatic carbocycles. The number of hydrogen-bond acceptors (Lipinski definition) is 6. The van der Waals surface area contributed by atoms with Gasteiger partial charge >= 0.3 is 0 Å². The first-order valence-corrected chi connectivity index (χ1v) is 9.14. The minimum atomic E-state index is -0.0484. The third kappa shape index (κ3) is 4.48. The Morgan fingerprint density at radius 2 is 2.04 bits per heavy atom. The number of ether oxygens (including phenoxy) is 2. The number of anilines is 2. The molecule has 1 N–H and O–H groups in total. The molecular weight excluding hydrogens is 344 g/mol. The maximum absolute atomic E-state index is 12.9. The van der Waals surface area contributed by atoms with Crippen molar-refractivity contribution in [2.24, 2.45) is 5.92 Å². The van der Waals surface area contributed by atoms with Gasteiger partial charge in [0.25, 0.3) is 5.91 Å². The summed E-state index contributed by atoms with van der Waals surface area (Å²) >= 11 is 0. The lowest BCUT2D eigenvalue weighted by Gasteiger charge is -2.30. The van der Waals surface area contributed by atoms with Gasteiger partial charge in [0.2, 0.25) is 0 Å². The number of carbonyl (C=O) groups is 1. The summed E-state index contributed by atoms with van der Waals surface area (Å²) in [5.74, 6) is 2.90. The van der Waals surface area contributed by atoms with E-state index in [1.165, 1.54) is 0 Å². The molecule has 1 amide bonds. The largest absolute Gasteiger partial charge is 0.497 e. The molecule has 2 heterocycles. The number of carbonyl (C=O) groups excluding carboxylic acids is 1. The fourth-order valence-corrected chi connectivity index (χ4v) is 3.33. The number of methoxy groups -OCH3 is 2. The first-order chi connectivity index (χ1) is 13.0. The van der Waals surface area contributed by atoms with Crippen molar-refractivity contribution in [2.75, 3.05) is 32.6 Å². The van der Waals surface area contributed by atoms with Crippen LogP contribution in [-0.2, 0) is 0 Å². The number of aromatic nitrogens is 2. The second kappa shape index (κ2) is 8.24. The predicted octanol–water partition coefficient (Wildman–Crippen LogP) is 3.42. The zero-order valence-electron chi connectivity index (χ0n) is 16.3. The van der Waals surface area contributed by atoms with Crippen LogP contribution in [0, 0.1) is 12.8 Å². The van der Waals surface area contributed by atoms with E-state index in [0.717, 1.165) is 25.9 Å². The van der Waals surface area contributed by atoms with Gasteiger partial charge < -0.3 is 19.7 Å². The van der Waals surface area contributed by atoms with Gasteiger partial charge in [0, 0.05) is 25.2 Å². The average molecular weight is 370 g/mol. The molecule has 2 aromatic rings. The lowest BCUT2D eigenvalue weighted by atomic mass is 10.00. The summed E-state index contributed by atoms with van der Waals surface area (Å²) < 4.78 is 10.7. The highest BCUT2D eigenvalue weighted by molar-refractivity contribution is 5.93. The Balaban J connectivity index is 1.86. The molecule has 1 atom stereocenters. The topological polar surface area (TPSA) is 76.6 Å². The molecule has 0 aliphatic carbocycles. The molecule has 1 unspecified atom stereocenters. The molecular formula is C20H26N4O3. The summed E-state index contributed by atoms with van der Waals surface area (Å²) in [7, 11) is 3.21. The Kier molecular flexibility index (Phi) is 5.78. The van der Waals surface area contributed by atoms with Crippen molar-refractivity contribution < 1.29 is 14.3 Å². The SMILES string of the molecule is COc1ccc(OC)c(Nc2cc(C(=O)N3CCCC(C)C3)nc(C)n2)c1. The Labute approximate surface area is 159 Å². The van der Waals surface area contributed by atoms with E-state index in [9.17, 15) is 4.79 Å². The molecule has 144 valence electrons. The number of rotatable bonds is 5. The molecule has 1 aliphatic heterocycles. The van der Waals surface area contributed by atoms with Crippen molar-refractivity contribution in [3.63, 3.8) is 0 Å². The molecule has 1 fully saturated rings. The molecule has 1 saturated heterocycles. The Morgan fingerprint density at radius 3 is 2.74 bits per heavy atom. The number of benzene rings is 1. The summed E-state index contributed by atoms with van der Waals surface area (Å²) in [6.07, 6.45) is 2.19. The van der Waals surface area contributed by atoms with Gasteiger partial charge in [-0.3, -0.25) is 4.79 Å². The minimum Gasteiger partial charge on any atom is -0.497 e. The second-order valence-corrected chi connectivity index (χ2v) is 6.88. The summed E-state index contributed by atoms with van der Waals surface area (Å²) in [4.78, 5) is 23.5. The summed E-state index contributed by atoms with van der Waals surface area (Å²) in [6, 6.07) is 7.15. The van der Waals surface area contributed by atoms with Gasteiger partial charge in [-0.05, 0) is 37.8 Å². The lowest BCUT2D eigenvalue weighted by Crippen LogP contribution is -2.39. The van der Waals surface area contributed by atoms with Gasteiger partial charge in [0.15, 0.2) is 0 Å². The molecule has 1 aromatic heterocycles. The van der Waals surface area contributed by atoms with E-state index in [2.05, 4.69) is 22.2 Å². The Hall–Kier alpha value is -2.83. The van der Waals surface area contributed by atoms with Crippen LogP contribution in [0.1, 0.15) is 36.1 Å². The van der Waals surface area contributed by atoms with Gasteiger partial charge in [-0.1, -0.05) is 6.92 Å². The molecule has 0 spiro atoms. The predicted molar refractivity (Wildman–Crippen MR) is 104 cm³/mol. The van der Waals surface area contributed by atoms with Gasteiger partial charge in [0.05, 0.1) is 19.9 Å². The van der Waals surface area contributed by atoms with E-state index < -0.39 is 0 Å². The third-order valence-corrected chi connectivity index (χ3v) is 4.67. The molecule has 0 bridgehead atoms. The highest BCUT2D eigenvalue weighted by Gasteiger charge is 2.23. The van der Waals surface area contributed by atoms with Crippen LogP contribution < -0.4 is 14.8 Å². The van der Waals surface area contributed by atoms with E-state index in [0.29, 0.717) is 40.4 Å². The van der Waals surface area contributed by atoms with Crippen molar-refractivity contribution in [1.29, 1.82) is 0 Å². The van der Waals surface area contributed by atoms with Crippen LogP contribution in [-0.4, -0.2) is 48.1 Å². The van der Waals surface area contributed by atoms with E-state index in [1.807, 2.05) is 23.1 Å². The first-order valence-electron chi connectivity index (χ1n) is 9.14. The molecule has 1 aliphatic rings. The Bertz CT molecular complexity index is 825. The van der Waals surface area contributed by atoms with Crippen LogP contribution in [0.4, 0.5) is 11.5 Å². The van der Waals surface area contributed by atoms with E-state index in [4.69, 9.17) is 9.47 Å². The molecule has 7 nitrogen and oxygen atoms in total. The van der Waals surface area contributed by atoms with Crippen molar-refractivity contribution in [2.45, 2.75) is 26.7 Å². The average Bonchev–Trinajstić information content (AvgIpc) is 2.66. The smallest absolute Gasteiger partial charge is 0.272 e. The molecule has 27 heavy (non-hydrogen) atoms. The molecule has 3 rings (SSSR count). The number of hydrogen-bond donors (Lipinski definition) is 1. The van der Waals surface area contributed by atoms with Gasteiger partial charge in [-0.2, -0.15) is 0 Å². The Morgan fingerprint density at radius 1 is 1.22 bits per heavy atom. The van der Waals surface area contributed by atoms with Crippen LogP contribution in [0.2, 0.25) is 0 Å². The number of amides is 1. The second-order valence-electron chi connectivity index (χ2n) is 6.88. The highest BCUT2D eigenvalue weighted by atomic mass is 16.5. The first kappa shape index (κ1) is 18.9. The van der Waals surface area contributed by atoms with Crippen LogP contribution in [0.25, 0.3) is 0 Å². The number of piperidine rings is 1. The van der Waals surface area contributed by atoms with Crippen LogP contribution in [0.5, 0.6) is 11.5 Å². The van der Waals surface area contributed by atoms with Crippen molar-refractivity contribution in [3.8, 4) is 11.5 Å². The number of likely N-dealkylation sites (tertiary alicyclic amines) is 1. The van der Waals surface area contributed by atoms with E-state index >= 15 is 0 Å². The molecule has 0 saturated carbocycles. The van der Waals surface area contributed by atoms with Gasteiger partial charge in [-0.25, -0.2) is 9.97 Å². The summed E-state index contributed by atoms with van der Waals surface area (Å²) in [5, 5.41) is 3.22. The van der Waals surface area contributed by atoms with Crippen molar-refractivity contribution in [3.05, 3.63) is 35.8 Å². The highest BCUT2D eigenvalue weighted by Crippen LogP contribution is 2.31. The fraction of sp³-hybridized carbons (Fsp3) is 0.450. The van der Waals surface area contributed by atoms with Crippen LogP contribution in [0.15, 0.2) is 24.3 Å².